The Labute approximate surface area is 83.7 Å². The average molecular weight is 214 g/mol. The summed E-state index contributed by atoms with van der Waals surface area (Å²) in [6, 6.07) is 3.76. The van der Waals surface area contributed by atoms with Crippen molar-refractivity contribution in [3.05, 3.63) is 21.9 Å². The average Bonchev–Trinajstić information content (AvgIpc) is 2.31. The van der Waals surface area contributed by atoms with Gasteiger partial charge < -0.3 is 4.43 Å². The van der Waals surface area contributed by atoms with E-state index >= 15 is 0 Å². The van der Waals surface area contributed by atoms with Crippen LogP contribution in [0.1, 0.15) is 14.5 Å². The van der Waals surface area contributed by atoms with Crippen LogP contribution in [0.15, 0.2) is 12.1 Å². The van der Waals surface area contributed by atoms with Crippen LogP contribution >= 0.6 is 11.3 Å². The molecule has 0 unspecified atom stereocenters. The highest BCUT2D eigenvalue weighted by molar-refractivity contribution is 7.14. The van der Waals surface area contributed by atoms with Crippen LogP contribution in [0.4, 0.5) is 0 Å². The molecule has 0 bridgehead atoms. The minimum Gasteiger partial charge on any atom is -0.516 e. The molecular weight excluding hydrogens is 200 g/mol. The van der Waals surface area contributed by atoms with E-state index in [1.165, 1.54) is 11.3 Å². The second kappa shape index (κ2) is 3.63. The molecule has 0 aromatic carbocycles. The van der Waals surface area contributed by atoms with Crippen LogP contribution in [0.2, 0.25) is 19.6 Å². The topological polar surface area (TPSA) is 26.3 Å². The van der Waals surface area contributed by atoms with Crippen LogP contribution in [0, 0.1) is 6.92 Å². The molecular formula is C9H14O2SSi. The van der Waals surface area contributed by atoms with Crippen LogP contribution in [-0.4, -0.2) is 14.3 Å². The van der Waals surface area contributed by atoms with Gasteiger partial charge in [0.1, 0.15) is 4.88 Å². The molecule has 0 saturated carbocycles. The van der Waals surface area contributed by atoms with Gasteiger partial charge in [0, 0.05) is 4.88 Å². The largest absolute Gasteiger partial charge is 0.516 e. The Morgan fingerprint density at radius 3 is 2.38 bits per heavy atom. The van der Waals surface area contributed by atoms with E-state index in [9.17, 15) is 4.79 Å². The summed E-state index contributed by atoms with van der Waals surface area (Å²) < 4.78 is 5.35. The lowest BCUT2D eigenvalue weighted by Crippen LogP contribution is -2.28. The molecule has 0 aliphatic rings. The molecule has 0 atom stereocenters. The molecule has 1 aromatic heterocycles. The van der Waals surface area contributed by atoms with E-state index in [4.69, 9.17) is 4.43 Å². The van der Waals surface area contributed by atoms with Gasteiger partial charge in [-0.2, -0.15) is 0 Å². The normalized spacial score (nSPS) is 11.4. The summed E-state index contributed by atoms with van der Waals surface area (Å²) in [6.07, 6.45) is 0. The fourth-order valence-corrected chi connectivity index (χ4v) is 2.36. The maximum absolute atomic E-state index is 11.5. The minimum atomic E-state index is -1.74. The molecule has 0 amide bonds. The Balaban J connectivity index is 2.70. The van der Waals surface area contributed by atoms with Gasteiger partial charge in [-0.1, -0.05) is 0 Å². The van der Waals surface area contributed by atoms with Crippen LogP contribution in [-0.2, 0) is 4.43 Å². The van der Waals surface area contributed by atoms with Crippen molar-refractivity contribution in [1.82, 2.24) is 0 Å². The molecule has 2 nitrogen and oxygen atoms in total. The minimum absolute atomic E-state index is 0.169. The van der Waals surface area contributed by atoms with Crippen LogP contribution in [0.25, 0.3) is 0 Å². The maximum Gasteiger partial charge on any atom is 0.334 e. The SMILES string of the molecule is Cc1ccc(C(=O)O[Si](C)(C)C)s1. The molecule has 0 spiro atoms. The first kappa shape index (κ1) is 10.5. The zero-order valence-electron chi connectivity index (χ0n) is 8.38. The zero-order valence-corrected chi connectivity index (χ0v) is 10.2. The van der Waals surface area contributed by atoms with Gasteiger partial charge in [0.05, 0.1) is 0 Å². The van der Waals surface area contributed by atoms with Crippen molar-refractivity contribution >= 4 is 25.6 Å². The van der Waals surface area contributed by atoms with Crippen molar-refractivity contribution in [3.63, 3.8) is 0 Å². The lowest BCUT2D eigenvalue weighted by atomic mass is 10.4. The maximum atomic E-state index is 11.5. The van der Waals surface area contributed by atoms with E-state index < -0.39 is 8.32 Å². The number of carbonyl (C=O) groups excluding carboxylic acids is 1. The highest BCUT2D eigenvalue weighted by atomic mass is 32.1. The summed E-state index contributed by atoms with van der Waals surface area (Å²) in [4.78, 5) is 13.3. The van der Waals surface area contributed by atoms with Gasteiger partial charge in [-0.15, -0.1) is 11.3 Å². The van der Waals surface area contributed by atoms with Gasteiger partial charge in [0.25, 0.3) is 0 Å². The van der Waals surface area contributed by atoms with Gasteiger partial charge in [0.2, 0.25) is 8.32 Å². The van der Waals surface area contributed by atoms with E-state index in [0.29, 0.717) is 4.88 Å². The van der Waals surface area contributed by atoms with Crippen molar-refractivity contribution in [2.45, 2.75) is 26.6 Å². The van der Waals surface area contributed by atoms with Gasteiger partial charge in [-0.25, -0.2) is 4.79 Å². The number of hydrogen-bond acceptors (Lipinski definition) is 3. The second-order valence-electron chi connectivity index (χ2n) is 3.91. The number of carbonyl (C=O) groups is 1. The monoisotopic (exact) mass is 214 g/mol. The lowest BCUT2D eigenvalue weighted by molar-refractivity contribution is 0.0730. The molecule has 1 rings (SSSR count). The summed E-state index contributed by atoms with van der Waals surface area (Å²) in [6.45, 7) is 8.00. The number of thiophene rings is 1. The molecule has 1 heterocycles. The fourth-order valence-electron chi connectivity index (χ4n) is 0.873. The van der Waals surface area contributed by atoms with Crippen molar-refractivity contribution < 1.29 is 9.22 Å². The van der Waals surface area contributed by atoms with Crippen molar-refractivity contribution in [2.75, 3.05) is 0 Å². The Morgan fingerprint density at radius 1 is 1.38 bits per heavy atom. The Bertz CT molecular complexity index is 312. The number of rotatable bonds is 2. The van der Waals surface area contributed by atoms with E-state index in [1.807, 2.05) is 38.7 Å². The standard InChI is InChI=1S/C9H14O2SSi/c1-7-5-6-8(12-7)9(10)11-13(2,3)4/h5-6H,1-4H3. The summed E-state index contributed by atoms with van der Waals surface area (Å²) in [5.74, 6) is -0.169. The molecule has 72 valence electrons. The van der Waals surface area contributed by atoms with Crippen LogP contribution in [0.5, 0.6) is 0 Å². The first-order valence-corrected chi connectivity index (χ1v) is 8.41. The molecule has 0 saturated heterocycles. The molecule has 0 N–H and O–H groups in total. The van der Waals surface area contributed by atoms with Gasteiger partial charge in [0.15, 0.2) is 0 Å². The van der Waals surface area contributed by atoms with Gasteiger partial charge in [-0.3, -0.25) is 0 Å². The Kier molecular flexibility index (Phi) is 2.93. The third kappa shape index (κ3) is 3.32. The van der Waals surface area contributed by atoms with Crippen molar-refractivity contribution in [3.8, 4) is 0 Å². The van der Waals surface area contributed by atoms with E-state index in [1.54, 1.807) is 0 Å². The zero-order chi connectivity index (χ0) is 10.1. The van der Waals surface area contributed by atoms with E-state index in [-0.39, 0.29) is 5.97 Å². The summed E-state index contributed by atoms with van der Waals surface area (Å²) in [5.41, 5.74) is 0. The first-order chi connectivity index (χ1) is 5.88. The number of aryl methyl sites for hydroxylation is 1. The van der Waals surface area contributed by atoms with Crippen LogP contribution < -0.4 is 0 Å². The summed E-state index contributed by atoms with van der Waals surface area (Å²) in [7, 11) is -1.74. The van der Waals surface area contributed by atoms with Gasteiger partial charge >= 0.3 is 5.97 Å². The second-order valence-corrected chi connectivity index (χ2v) is 9.63. The summed E-state index contributed by atoms with van der Waals surface area (Å²) in [5, 5.41) is 0. The lowest BCUT2D eigenvalue weighted by Gasteiger charge is -2.16. The first-order valence-electron chi connectivity index (χ1n) is 4.18. The molecule has 0 aliphatic heterocycles. The van der Waals surface area contributed by atoms with Crippen molar-refractivity contribution in [1.29, 1.82) is 0 Å². The molecule has 0 aliphatic carbocycles. The third-order valence-electron chi connectivity index (χ3n) is 1.34. The molecule has 0 radical (unpaired) electrons. The van der Waals surface area contributed by atoms with Crippen LogP contribution in [0.3, 0.4) is 0 Å². The quantitative estimate of drug-likeness (QED) is 0.707. The van der Waals surface area contributed by atoms with Crippen molar-refractivity contribution in [2.24, 2.45) is 0 Å². The molecule has 4 heteroatoms. The Hall–Kier alpha value is -0.613. The highest BCUT2D eigenvalue weighted by Gasteiger charge is 2.21. The van der Waals surface area contributed by atoms with E-state index in [2.05, 4.69) is 0 Å². The third-order valence-corrected chi connectivity index (χ3v) is 3.12. The number of hydrogen-bond donors (Lipinski definition) is 0. The fraction of sp³-hybridized carbons (Fsp3) is 0.444. The summed E-state index contributed by atoms with van der Waals surface area (Å²) >= 11 is 1.48. The molecule has 13 heavy (non-hydrogen) atoms. The predicted octanol–water partition coefficient (Wildman–Crippen LogP) is 3.05. The Morgan fingerprint density at radius 2 is 2.00 bits per heavy atom. The molecule has 0 fully saturated rings. The predicted molar refractivity (Wildman–Crippen MR) is 57.8 cm³/mol. The smallest absolute Gasteiger partial charge is 0.334 e. The van der Waals surface area contributed by atoms with E-state index in [0.717, 1.165) is 4.88 Å². The van der Waals surface area contributed by atoms with Gasteiger partial charge in [-0.05, 0) is 38.7 Å². The highest BCUT2D eigenvalue weighted by Crippen LogP contribution is 2.17. The molecule has 1 aromatic rings.